The van der Waals surface area contributed by atoms with E-state index in [1.165, 1.54) is 0 Å². The highest BCUT2D eigenvalue weighted by molar-refractivity contribution is 6.38. The highest BCUT2D eigenvalue weighted by Crippen LogP contribution is 2.25. The molecule has 0 aromatic carbocycles. The molecule has 0 aliphatic carbocycles. The van der Waals surface area contributed by atoms with Gasteiger partial charge in [-0.2, -0.15) is 0 Å². The first-order chi connectivity index (χ1) is 4.79. The van der Waals surface area contributed by atoms with Crippen molar-refractivity contribution in [1.82, 2.24) is 4.90 Å². The molecule has 2 fully saturated rings. The van der Waals surface area contributed by atoms with Crippen LogP contribution in [0.15, 0.2) is 0 Å². The zero-order valence-electron chi connectivity index (χ0n) is 5.67. The summed E-state index contributed by atoms with van der Waals surface area (Å²) in [6.45, 7) is 0.801. The van der Waals surface area contributed by atoms with E-state index >= 15 is 0 Å². The molecule has 0 aromatic rings. The number of ketones is 1. The molecule has 0 saturated carbocycles. The predicted octanol–water partition coefficient (Wildman–Crippen LogP) is -0.0498. The van der Waals surface area contributed by atoms with Gasteiger partial charge < -0.3 is 4.90 Å². The molecule has 2 heterocycles. The minimum absolute atomic E-state index is 0.190. The quantitative estimate of drug-likeness (QED) is 0.441. The number of amides is 1. The zero-order valence-corrected chi connectivity index (χ0v) is 5.67. The molecular weight excluding hydrogens is 130 g/mol. The number of nitrogens with zero attached hydrogens (tertiary/aromatic N) is 1. The Morgan fingerprint density at radius 1 is 1.40 bits per heavy atom. The van der Waals surface area contributed by atoms with E-state index in [2.05, 4.69) is 0 Å². The molecule has 0 spiro atoms. The largest absolute Gasteiger partial charge is 0.333 e. The second-order valence-corrected chi connectivity index (χ2v) is 2.92. The van der Waals surface area contributed by atoms with Crippen LogP contribution in [0.4, 0.5) is 0 Å². The summed E-state index contributed by atoms with van der Waals surface area (Å²) in [5.74, 6) is -0.438. The fourth-order valence-electron chi connectivity index (χ4n) is 1.78. The van der Waals surface area contributed by atoms with Crippen molar-refractivity contribution in [1.29, 1.82) is 0 Å². The highest BCUT2D eigenvalue weighted by atomic mass is 16.2. The summed E-state index contributed by atoms with van der Waals surface area (Å²) in [4.78, 5) is 23.5. The molecule has 0 aromatic heterocycles. The zero-order chi connectivity index (χ0) is 7.14. The van der Waals surface area contributed by atoms with Crippen LogP contribution in [0.1, 0.15) is 19.3 Å². The van der Waals surface area contributed by atoms with Crippen molar-refractivity contribution >= 4 is 11.7 Å². The number of hydrogen-bond donors (Lipinski definition) is 0. The van der Waals surface area contributed by atoms with E-state index < -0.39 is 0 Å². The van der Waals surface area contributed by atoms with Gasteiger partial charge in [0.25, 0.3) is 5.91 Å². The second kappa shape index (κ2) is 1.81. The predicted molar refractivity (Wildman–Crippen MR) is 34.4 cm³/mol. The molecule has 2 rings (SSSR count). The molecule has 0 radical (unpaired) electrons. The van der Waals surface area contributed by atoms with Gasteiger partial charge >= 0.3 is 0 Å². The molecule has 3 heteroatoms. The maximum absolute atomic E-state index is 11.0. The Morgan fingerprint density at radius 3 is 2.90 bits per heavy atom. The smallest absolute Gasteiger partial charge is 0.290 e. The molecule has 2 aliphatic rings. The van der Waals surface area contributed by atoms with Crippen LogP contribution in [0, 0.1) is 0 Å². The Kier molecular flexibility index (Phi) is 1.07. The van der Waals surface area contributed by atoms with E-state index in [0.717, 1.165) is 19.4 Å². The normalized spacial score (nSPS) is 31.6. The van der Waals surface area contributed by atoms with Crippen LogP contribution in [0.2, 0.25) is 0 Å². The van der Waals surface area contributed by atoms with Gasteiger partial charge in [0.15, 0.2) is 0 Å². The summed E-state index contributed by atoms with van der Waals surface area (Å²) < 4.78 is 0. The average Bonchev–Trinajstić information content (AvgIpc) is 2.41. The molecule has 1 atom stereocenters. The van der Waals surface area contributed by atoms with E-state index in [-0.39, 0.29) is 17.7 Å². The van der Waals surface area contributed by atoms with Gasteiger partial charge in [0.05, 0.1) is 0 Å². The van der Waals surface area contributed by atoms with Gasteiger partial charge in [-0.05, 0) is 12.8 Å². The van der Waals surface area contributed by atoms with Gasteiger partial charge in [-0.25, -0.2) is 0 Å². The summed E-state index contributed by atoms with van der Waals surface area (Å²) in [6.07, 6.45) is 2.57. The van der Waals surface area contributed by atoms with E-state index in [9.17, 15) is 9.59 Å². The third-order valence-corrected chi connectivity index (χ3v) is 2.30. The molecule has 10 heavy (non-hydrogen) atoms. The average molecular weight is 139 g/mol. The lowest BCUT2D eigenvalue weighted by Gasteiger charge is -2.11. The van der Waals surface area contributed by atoms with Crippen LogP contribution in [0.5, 0.6) is 0 Å². The lowest BCUT2D eigenvalue weighted by molar-refractivity contribution is -0.139. The molecule has 1 unspecified atom stereocenters. The molecule has 0 bridgehead atoms. The van der Waals surface area contributed by atoms with Crippen molar-refractivity contribution < 1.29 is 9.59 Å². The molecule has 1 amide bonds. The van der Waals surface area contributed by atoms with Crippen LogP contribution in [-0.2, 0) is 9.59 Å². The van der Waals surface area contributed by atoms with Crippen LogP contribution < -0.4 is 0 Å². The molecule has 54 valence electrons. The van der Waals surface area contributed by atoms with E-state index in [1.807, 2.05) is 0 Å². The van der Waals surface area contributed by atoms with Crippen molar-refractivity contribution in [2.75, 3.05) is 6.54 Å². The minimum Gasteiger partial charge on any atom is -0.333 e. The lowest BCUT2D eigenvalue weighted by atomic mass is 10.1. The molecular formula is C7H9NO2. The molecule has 2 saturated heterocycles. The third-order valence-electron chi connectivity index (χ3n) is 2.30. The summed E-state index contributed by atoms with van der Waals surface area (Å²) in [7, 11) is 0. The fraction of sp³-hybridized carbons (Fsp3) is 0.714. The van der Waals surface area contributed by atoms with E-state index in [0.29, 0.717) is 6.42 Å². The van der Waals surface area contributed by atoms with E-state index in [1.54, 1.807) is 4.90 Å². The van der Waals surface area contributed by atoms with Gasteiger partial charge in [0, 0.05) is 19.0 Å². The number of hydrogen-bond acceptors (Lipinski definition) is 2. The first kappa shape index (κ1) is 5.89. The third kappa shape index (κ3) is 0.602. The standard InChI is InChI=1S/C7H9NO2/c9-6-4-5-2-1-3-8(5)7(6)10/h5H,1-4H2. The van der Waals surface area contributed by atoms with Gasteiger partial charge in [0.1, 0.15) is 0 Å². The van der Waals surface area contributed by atoms with Gasteiger partial charge in [-0.3, -0.25) is 9.59 Å². The van der Waals surface area contributed by atoms with Crippen LogP contribution in [0.3, 0.4) is 0 Å². The summed E-state index contributed by atoms with van der Waals surface area (Å²) >= 11 is 0. The topological polar surface area (TPSA) is 37.4 Å². The van der Waals surface area contributed by atoms with Gasteiger partial charge in [-0.15, -0.1) is 0 Å². The van der Waals surface area contributed by atoms with Crippen molar-refractivity contribution in [2.45, 2.75) is 25.3 Å². The number of Topliss-reactive ketones (excluding diaryl/α,β-unsaturated/α-hetero) is 1. The maximum atomic E-state index is 11.0. The molecule has 2 aliphatic heterocycles. The molecule has 3 nitrogen and oxygen atoms in total. The van der Waals surface area contributed by atoms with Crippen molar-refractivity contribution in [3.63, 3.8) is 0 Å². The Bertz CT molecular complexity index is 200. The highest BCUT2D eigenvalue weighted by Gasteiger charge is 2.40. The Hall–Kier alpha value is -0.860. The first-order valence-corrected chi connectivity index (χ1v) is 3.63. The maximum Gasteiger partial charge on any atom is 0.290 e. The van der Waals surface area contributed by atoms with Crippen molar-refractivity contribution in [2.24, 2.45) is 0 Å². The van der Waals surface area contributed by atoms with E-state index in [4.69, 9.17) is 0 Å². The van der Waals surface area contributed by atoms with Crippen LogP contribution >= 0.6 is 0 Å². The number of rotatable bonds is 0. The number of carbonyl (C=O) groups is 2. The van der Waals surface area contributed by atoms with Crippen molar-refractivity contribution in [3.05, 3.63) is 0 Å². The fourth-order valence-corrected chi connectivity index (χ4v) is 1.78. The summed E-state index contributed by atoms with van der Waals surface area (Å²) in [5.41, 5.74) is 0. The first-order valence-electron chi connectivity index (χ1n) is 3.63. The van der Waals surface area contributed by atoms with Crippen molar-refractivity contribution in [3.8, 4) is 0 Å². The Labute approximate surface area is 59.0 Å². The molecule has 0 N–H and O–H groups in total. The Morgan fingerprint density at radius 2 is 2.20 bits per heavy atom. The van der Waals surface area contributed by atoms with Crippen LogP contribution in [-0.4, -0.2) is 29.2 Å². The van der Waals surface area contributed by atoms with Crippen LogP contribution in [0.25, 0.3) is 0 Å². The second-order valence-electron chi connectivity index (χ2n) is 2.92. The van der Waals surface area contributed by atoms with Gasteiger partial charge in [-0.1, -0.05) is 0 Å². The number of fused-ring (bicyclic) bond motifs is 1. The number of carbonyl (C=O) groups excluding carboxylic acids is 2. The lowest BCUT2D eigenvalue weighted by Crippen LogP contribution is -2.28. The summed E-state index contributed by atoms with van der Waals surface area (Å²) in [6, 6.07) is 0.264. The minimum atomic E-state index is -0.248. The SMILES string of the molecule is O=C1CC2CCCN2C1=O. The summed E-state index contributed by atoms with van der Waals surface area (Å²) in [5, 5.41) is 0. The Balaban J connectivity index is 2.24. The van der Waals surface area contributed by atoms with Gasteiger partial charge in [0.2, 0.25) is 5.78 Å². The monoisotopic (exact) mass is 139 g/mol.